The van der Waals surface area contributed by atoms with Gasteiger partial charge in [0.2, 0.25) is 0 Å². The van der Waals surface area contributed by atoms with Gasteiger partial charge >= 0.3 is 0 Å². The van der Waals surface area contributed by atoms with E-state index in [2.05, 4.69) is 10.2 Å². The smallest absolute Gasteiger partial charge is 0.118 e. The van der Waals surface area contributed by atoms with Gasteiger partial charge in [-0.15, -0.1) is 0 Å². The molecule has 18 heavy (non-hydrogen) atoms. The zero-order valence-corrected chi connectivity index (χ0v) is 11.0. The number of hydrogen-bond donors (Lipinski definition) is 1. The molecule has 0 saturated carbocycles. The molecule has 4 nitrogen and oxygen atoms in total. The second-order valence-corrected chi connectivity index (χ2v) is 4.49. The van der Waals surface area contributed by atoms with Crippen molar-refractivity contribution in [3.63, 3.8) is 0 Å². The molecule has 0 amide bonds. The third-order valence-corrected chi connectivity index (χ3v) is 3.19. The van der Waals surface area contributed by atoms with Crippen molar-refractivity contribution in [1.82, 2.24) is 10.2 Å². The van der Waals surface area contributed by atoms with E-state index in [1.54, 1.807) is 7.11 Å². The van der Waals surface area contributed by atoms with Crippen molar-refractivity contribution in [2.75, 3.05) is 46.4 Å². The van der Waals surface area contributed by atoms with Crippen molar-refractivity contribution >= 4 is 0 Å². The van der Waals surface area contributed by atoms with Crippen LogP contribution in [-0.2, 0) is 11.3 Å². The maximum absolute atomic E-state index is 5.69. The summed E-state index contributed by atoms with van der Waals surface area (Å²) in [6, 6.07) is 8.03. The van der Waals surface area contributed by atoms with Gasteiger partial charge in [0.1, 0.15) is 5.75 Å². The lowest BCUT2D eigenvalue weighted by Gasteiger charge is -2.26. The monoisotopic (exact) mass is 250 g/mol. The molecule has 0 aromatic heterocycles. The Bertz CT molecular complexity index is 334. The number of methoxy groups -OCH3 is 1. The van der Waals surface area contributed by atoms with E-state index in [1.165, 1.54) is 5.56 Å². The molecule has 1 fully saturated rings. The number of hydrogen-bond acceptors (Lipinski definition) is 4. The maximum Gasteiger partial charge on any atom is 0.118 e. The quantitative estimate of drug-likeness (QED) is 0.767. The molecule has 1 N–H and O–H groups in total. The van der Waals surface area contributed by atoms with Gasteiger partial charge in [0.05, 0.1) is 20.3 Å². The molecule has 4 heteroatoms. The van der Waals surface area contributed by atoms with Gasteiger partial charge in [-0.3, -0.25) is 4.90 Å². The van der Waals surface area contributed by atoms with Crippen molar-refractivity contribution in [2.24, 2.45) is 0 Å². The summed E-state index contributed by atoms with van der Waals surface area (Å²) in [5.41, 5.74) is 1.19. The summed E-state index contributed by atoms with van der Waals surface area (Å²) in [5.74, 6) is 0.888. The minimum atomic E-state index is 0.677. The molecule has 1 saturated heterocycles. The maximum atomic E-state index is 5.69. The minimum absolute atomic E-state index is 0.677. The van der Waals surface area contributed by atoms with Gasteiger partial charge in [0.25, 0.3) is 0 Å². The van der Waals surface area contributed by atoms with Crippen LogP contribution in [0.4, 0.5) is 0 Å². The van der Waals surface area contributed by atoms with Gasteiger partial charge in [0, 0.05) is 32.7 Å². The molecule has 100 valence electrons. The van der Waals surface area contributed by atoms with Crippen molar-refractivity contribution in [2.45, 2.75) is 6.61 Å². The van der Waals surface area contributed by atoms with Crippen LogP contribution in [0.5, 0.6) is 5.75 Å². The van der Waals surface area contributed by atoms with E-state index in [0.717, 1.165) is 45.1 Å². The summed E-state index contributed by atoms with van der Waals surface area (Å²) < 4.78 is 10.8. The number of ether oxygens (including phenoxy) is 2. The topological polar surface area (TPSA) is 33.7 Å². The Morgan fingerprint density at radius 3 is 2.56 bits per heavy atom. The van der Waals surface area contributed by atoms with Crippen LogP contribution in [0.2, 0.25) is 0 Å². The third kappa shape index (κ3) is 4.29. The Labute approximate surface area is 109 Å². The summed E-state index contributed by atoms with van der Waals surface area (Å²) in [5, 5.41) is 3.35. The largest absolute Gasteiger partial charge is 0.497 e. The normalized spacial score (nSPS) is 16.7. The Hall–Kier alpha value is -1.10. The lowest BCUT2D eigenvalue weighted by molar-refractivity contribution is 0.0886. The van der Waals surface area contributed by atoms with Crippen LogP contribution >= 0.6 is 0 Å². The summed E-state index contributed by atoms with van der Waals surface area (Å²) in [6.45, 7) is 6.95. The molecule has 0 spiro atoms. The van der Waals surface area contributed by atoms with Crippen LogP contribution in [0.1, 0.15) is 5.56 Å². The van der Waals surface area contributed by atoms with E-state index < -0.39 is 0 Å². The highest BCUT2D eigenvalue weighted by Crippen LogP contribution is 2.11. The number of benzene rings is 1. The SMILES string of the molecule is COc1ccc(COCCN2CCNCC2)cc1. The molecule has 2 rings (SSSR count). The molecule has 0 aliphatic carbocycles. The highest BCUT2D eigenvalue weighted by molar-refractivity contribution is 5.26. The molecule has 1 aliphatic heterocycles. The summed E-state index contributed by atoms with van der Waals surface area (Å²) >= 11 is 0. The highest BCUT2D eigenvalue weighted by atomic mass is 16.5. The second kappa shape index (κ2) is 7.36. The first-order chi connectivity index (χ1) is 8.88. The van der Waals surface area contributed by atoms with Gasteiger partial charge in [-0.25, -0.2) is 0 Å². The Balaban J connectivity index is 1.62. The van der Waals surface area contributed by atoms with Crippen molar-refractivity contribution in [1.29, 1.82) is 0 Å². The van der Waals surface area contributed by atoms with E-state index in [4.69, 9.17) is 9.47 Å². The van der Waals surface area contributed by atoms with E-state index in [0.29, 0.717) is 6.61 Å². The first kappa shape index (κ1) is 13.3. The second-order valence-electron chi connectivity index (χ2n) is 4.49. The zero-order chi connectivity index (χ0) is 12.6. The van der Waals surface area contributed by atoms with E-state index in [-0.39, 0.29) is 0 Å². The van der Waals surface area contributed by atoms with Crippen LogP contribution in [0.3, 0.4) is 0 Å². The minimum Gasteiger partial charge on any atom is -0.497 e. The number of nitrogens with one attached hydrogen (secondary N) is 1. The van der Waals surface area contributed by atoms with Crippen molar-refractivity contribution in [3.05, 3.63) is 29.8 Å². The van der Waals surface area contributed by atoms with Crippen LogP contribution in [0.25, 0.3) is 0 Å². The standard InChI is InChI=1S/C14H22N2O2/c1-17-14-4-2-13(3-5-14)12-18-11-10-16-8-6-15-7-9-16/h2-5,15H,6-12H2,1H3. The van der Waals surface area contributed by atoms with Crippen LogP contribution in [0, 0.1) is 0 Å². The summed E-state index contributed by atoms with van der Waals surface area (Å²) in [6.07, 6.45) is 0. The molecular formula is C14H22N2O2. The lowest BCUT2D eigenvalue weighted by Crippen LogP contribution is -2.44. The molecule has 1 aromatic carbocycles. The van der Waals surface area contributed by atoms with E-state index >= 15 is 0 Å². The van der Waals surface area contributed by atoms with Crippen molar-refractivity contribution < 1.29 is 9.47 Å². The first-order valence-corrected chi connectivity index (χ1v) is 6.52. The van der Waals surface area contributed by atoms with Gasteiger partial charge < -0.3 is 14.8 Å². The van der Waals surface area contributed by atoms with Gasteiger partial charge in [0.15, 0.2) is 0 Å². The molecule has 0 atom stereocenters. The fourth-order valence-corrected chi connectivity index (χ4v) is 2.04. The molecule has 0 radical (unpaired) electrons. The zero-order valence-electron chi connectivity index (χ0n) is 11.0. The fraction of sp³-hybridized carbons (Fsp3) is 0.571. The number of rotatable bonds is 6. The molecule has 0 unspecified atom stereocenters. The Kier molecular flexibility index (Phi) is 5.45. The van der Waals surface area contributed by atoms with Gasteiger partial charge in [-0.1, -0.05) is 12.1 Å². The Morgan fingerprint density at radius 2 is 1.89 bits per heavy atom. The highest BCUT2D eigenvalue weighted by Gasteiger charge is 2.08. The molecule has 1 aromatic rings. The fourth-order valence-electron chi connectivity index (χ4n) is 2.04. The molecular weight excluding hydrogens is 228 g/mol. The molecule has 1 aliphatic rings. The van der Waals surface area contributed by atoms with E-state index in [1.807, 2.05) is 24.3 Å². The molecule has 0 bridgehead atoms. The molecule has 1 heterocycles. The number of nitrogens with zero attached hydrogens (tertiary/aromatic N) is 1. The third-order valence-electron chi connectivity index (χ3n) is 3.19. The number of piperazine rings is 1. The van der Waals surface area contributed by atoms with Crippen LogP contribution in [-0.4, -0.2) is 51.3 Å². The summed E-state index contributed by atoms with van der Waals surface area (Å²) in [7, 11) is 1.68. The predicted octanol–water partition coefficient (Wildman–Crippen LogP) is 1.12. The van der Waals surface area contributed by atoms with Gasteiger partial charge in [-0.2, -0.15) is 0 Å². The van der Waals surface area contributed by atoms with Crippen LogP contribution < -0.4 is 10.1 Å². The average Bonchev–Trinajstić information content (AvgIpc) is 2.45. The predicted molar refractivity (Wildman–Crippen MR) is 72.0 cm³/mol. The van der Waals surface area contributed by atoms with Crippen LogP contribution in [0.15, 0.2) is 24.3 Å². The summed E-state index contributed by atoms with van der Waals surface area (Å²) in [4.78, 5) is 2.44. The first-order valence-electron chi connectivity index (χ1n) is 6.52. The average molecular weight is 250 g/mol. The van der Waals surface area contributed by atoms with Crippen molar-refractivity contribution in [3.8, 4) is 5.75 Å². The Morgan fingerprint density at radius 1 is 1.17 bits per heavy atom. The van der Waals surface area contributed by atoms with E-state index in [9.17, 15) is 0 Å². The van der Waals surface area contributed by atoms with Gasteiger partial charge in [-0.05, 0) is 17.7 Å². The lowest BCUT2D eigenvalue weighted by atomic mass is 10.2.